The first-order valence-electron chi connectivity index (χ1n) is 6.01. The maximum Gasteiger partial charge on any atom is 0.186 e. The third-order valence-electron chi connectivity index (χ3n) is 3.42. The molecule has 18 heavy (non-hydrogen) atoms. The van der Waals surface area contributed by atoms with Crippen LogP contribution in [-0.2, 0) is 16.3 Å². The van der Waals surface area contributed by atoms with Gasteiger partial charge in [-0.1, -0.05) is 19.1 Å². The van der Waals surface area contributed by atoms with Crippen molar-refractivity contribution in [3.8, 4) is 6.07 Å². The van der Waals surface area contributed by atoms with E-state index in [0.29, 0.717) is 10.6 Å². The number of para-hydroxylation sites is 1. The first kappa shape index (κ1) is 12.9. The van der Waals surface area contributed by atoms with Gasteiger partial charge in [0.15, 0.2) is 9.84 Å². The van der Waals surface area contributed by atoms with Gasteiger partial charge in [0.25, 0.3) is 0 Å². The summed E-state index contributed by atoms with van der Waals surface area (Å²) in [5, 5.41) is 11.3. The summed E-state index contributed by atoms with van der Waals surface area (Å²) in [5.41, 5.74) is 1.71. The number of benzene rings is 1. The van der Waals surface area contributed by atoms with Gasteiger partial charge in [0.05, 0.1) is 28.3 Å². The number of anilines is 1. The minimum Gasteiger partial charge on any atom is -0.380 e. The van der Waals surface area contributed by atoms with Crippen LogP contribution >= 0.6 is 0 Å². The summed E-state index contributed by atoms with van der Waals surface area (Å²) in [6.45, 7) is 3.81. The van der Waals surface area contributed by atoms with Crippen molar-refractivity contribution in [2.24, 2.45) is 0 Å². The van der Waals surface area contributed by atoms with Gasteiger partial charge in [-0.15, -0.1) is 0 Å². The first-order chi connectivity index (χ1) is 8.52. The lowest BCUT2D eigenvalue weighted by Crippen LogP contribution is -2.42. The number of hydrogen-bond donors (Lipinski definition) is 1. The van der Waals surface area contributed by atoms with Crippen LogP contribution < -0.4 is 5.32 Å². The fourth-order valence-electron chi connectivity index (χ4n) is 2.40. The molecule has 2 rings (SSSR count). The molecular weight excluding hydrogens is 248 g/mol. The fourth-order valence-corrected chi connectivity index (χ4v) is 4.37. The molecule has 1 aliphatic heterocycles. The Morgan fingerprint density at radius 2 is 2.17 bits per heavy atom. The molecule has 0 aromatic heterocycles. The number of sulfone groups is 1. The van der Waals surface area contributed by atoms with Crippen molar-refractivity contribution in [1.29, 1.82) is 5.26 Å². The van der Waals surface area contributed by atoms with E-state index in [-0.39, 0.29) is 12.5 Å². The van der Waals surface area contributed by atoms with Crippen LogP contribution in [0.1, 0.15) is 25.8 Å². The Balaban J connectivity index is 2.62. The molecule has 2 unspecified atom stereocenters. The van der Waals surface area contributed by atoms with E-state index >= 15 is 0 Å². The van der Waals surface area contributed by atoms with Crippen LogP contribution in [0.3, 0.4) is 0 Å². The Morgan fingerprint density at radius 3 is 2.78 bits per heavy atom. The Kier molecular flexibility index (Phi) is 3.31. The summed E-state index contributed by atoms with van der Waals surface area (Å²) in [5.74, 6) is 0. The number of hydrogen-bond acceptors (Lipinski definition) is 4. The number of nitrogens with one attached hydrogen (secondary N) is 1. The zero-order valence-corrected chi connectivity index (χ0v) is 11.3. The van der Waals surface area contributed by atoms with Gasteiger partial charge in [-0.05, 0) is 25.0 Å². The fraction of sp³-hybridized carbons (Fsp3) is 0.462. The smallest absolute Gasteiger partial charge is 0.186 e. The summed E-state index contributed by atoms with van der Waals surface area (Å²) in [6, 6.07) is 7.03. The zero-order valence-electron chi connectivity index (χ0n) is 10.5. The third-order valence-corrected chi connectivity index (χ3v) is 5.75. The van der Waals surface area contributed by atoms with Gasteiger partial charge < -0.3 is 5.32 Å². The molecule has 1 aromatic carbocycles. The SMILES string of the molecule is CCc1cccc2c1NC(C)C(CC#N)S2(=O)=O. The van der Waals surface area contributed by atoms with E-state index in [2.05, 4.69) is 5.32 Å². The van der Waals surface area contributed by atoms with E-state index in [1.807, 2.05) is 26.0 Å². The molecule has 1 N–H and O–H groups in total. The van der Waals surface area contributed by atoms with Crippen LogP contribution in [0.5, 0.6) is 0 Å². The Bertz CT molecular complexity index is 602. The largest absolute Gasteiger partial charge is 0.380 e. The molecule has 96 valence electrons. The summed E-state index contributed by atoms with van der Waals surface area (Å²) in [4.78, 5) is 0.334. The second kappa shape index (κ2) is 4.62. The number of nitriles is 1. The van der Waals surface area contributed by atoms with Crippen molar-refractivity contribution < 1.29 is 8.42 Å². The van der Waals surface area contributed by atoms with Crippen LogP contribution in [0.4, 0.5) is 5.69 Å². The molecule has 0 saturated heterocycles. The highest BCUT2D eigenvalue weighted by molar-refractivity contribution is 7.92. The van der Waals surface area contributed by atoms with Crippen molar-refractivity contribution in [2.75, 3.05) is 5.32 Å². The molecule has 0 spiro atoms. The Labute approximate surface area is 108 Å². The predicted octanol–water partition coefficient (Wildman–Crippen LogP) is 2.12. The number of aryl methyl sites for hydroxylation is 1. The number of rotatable bonds is 2. The quantitative estimate of drug-likeness (QED) is 0.888. The molecule has 0 bridgehead atoms. The van der Waals surface area contributed by atoms with E-state index < -0.39 is 15.1 Å². The minimum atomic E-state index is -3.41. The average Bonchev–Trinajstić information content (AvgIpc) is 2.34. The van der Waals surface area contributed by atoms with Crippen LogP contribution in [-0.4, -0.2) is 19.7 Å². The molecule has 0 saturated carbocycles. The van der Waals surface area contributed by atoms with Crippen molar-refractivity contribution in [2.45, 2.75) is 42.9 Å². The third kappa shape index (κ3) is 1.87. The van der Waals surface area contributed by atoms with E-state index in [0.717, 1.165) is 12.0 Å². The molecule has 1 aliphatic rings. The summed E-state index contributed by atoms with van der Waals surface area (Å²) >= 11 is 0. The maximum absolute atomic E-state index is 12.5. The van der Waals surface area contributed by atoms with E-state index in [9.17, 15) is 8.42 Å². The zero-order chi connectivity index (χ0) is 13.3. The van der Waals surface area contributed by atoms with Crippen LogP contribution in [0, 0.1) is 11.3 Å². The van der Waals surface area contributed by atoms with E-state index in [1.54, 1.807) is 12.1 Å². The van der Waals surface area contributed by atoms with Gasteiger partial charge in [-0.2, -0.15) is 5.26 Å². The lowest BCUT2D eigenvalue weighted by molar-refractivity contribution is 0.560. The van der Waals surface area contributed by atoms with Crippen molar-refractivity contribution in [1.82, 2.24) is 0 Å². The van der Waals surface area contributed by atoms with Gasteiger partial charge in [0.2, 0.25) is 0 Å². The second-order valence-corrected chi connectivity index (χ2v) is 6.66. The molecular formula is C13H16N2O2S. The van der Waals surface area contributed by atoms with Gasteiger partial charge in [-0.3, -0.25) is 0 Å². The predicted molar refractivity (Wildman–Crippen MR) is 70.1 cm³/mol. The van der Waals surface area contributed by atoms with Crippen LogP contribution in [0.2, 0.25) is 0 Å². The normalized spacial score (nSPS) is 24.7. The molecule has 4 nitrogen and oxygen atoms in total. The second-order valence-electron chi connectivity index (χ2n) is 4.52. The standard InChI is InChI=1S/C13H16N2O2S/c1-3-10-5-4-6-12-13(10)15-9(2)11(7-8-14)18(12,16)17/h4-6,9,11,15H,3,7H2,1-2H3. The lowest BCUT2D eigenvalue weighted by Gasteiger charge is -2.32. The van der Waals surface area contributed by atoms with Crippen molar-refractivity contribution >= 4 is 15.5 Å². The van der Waals surface area contributed by atoms with Gasteiger partial charge in [0, 0.05) is 6.04 Å². The highest BCUT2D eigenvalue weighted by Gasteiger charge is 2.38. The lowest BCUT2D eigenvalue weighted by atomic mass is 10.1. The van der Waals surface area contributed by atoms with Crippen LogP contribution in [0.15, 0.2) is 23.1 Å². The topological polar surface area (TPSA) is 70.0 Å². The minimum absolute atomic E-state index is 0.0201. The molecule has 1 aromatic rings. The summed E-state index contributed by atoms with van der Waals surface area (Å²) in [7, 11) is -3.41. The maximum atomic E-state index is 12.5. The highest BCUT2D eigenvalue weighted by Crippen LogP contribution is 2.36. The molecule has 2 atom stereocenters. The van der Waals surface area contributed by atoms with Gasteiger partial charge >= 0.3 is 0 Å². The van der Waals surface area contributed by atoms with Gasteiger partial charge in [-0.25, -0.2) is 8.42 Å². The van der Waals surface area contributed by atoms with E-state index in [4.69, 9.17) is 5.26 Å². The van der Waals surface area contributed by atoms with Crippen LogP contribution in [0.25, 0.3) is 0 Å². The monoisotopic (exact) mass is 264 g/mol. The molecule has 0 amide bonds. The first-order valence-corrected chi connectivity index (χ1v) is 7.56. The van der Waals surface area contributed by atoms with Crippen molar-refractivity contribution in [3.63, 3.8) is 0 Å². The van der Waals surface area contributed by atoms with Gasteiger partial charge in [0.1, 0.15) is 0 Å². The number of nitrogens with zero attached hydrogens (tertiary/aromatic N) is 1. The Hall–Kier alpha value is -1.54. The summed E-state index contributed by atoms with van der Waals surface area (Å²) in [6.07, 6.45) is 0.799. The highest BCUT2D eigenvalue weighted by atomic mass is 32.2. The Morgan fingerprint density at radius 1 is 1.44 bits per heavy atom. The molecule has 1 heterocycles. The summed E-state index contributed by atoms with van der Waals surface area (Å²) < 4.78 is 25.0. The molecule has 0 fully saturated rings. The van der Waals surface area contributed by atoms with E-state index in [1.165, 1.54) is 0 Å². The average molecular weight is 264 g/mol. The van der Waals surface area contributed by atoms with Crippen molar-refractivity contribution in [3.05, 3.63) is 23.8 Å². The molecule has 5 heteroatoms. The number of fused-ring (bicyclic) bond motifs is 1. The molecule has 0 radical (unpaired) electrons. The molecule has 0 aliphatic carbocycles.